The molecule has 1 aromatic heterocycles. The Labute approximate surface area is 122 Å². The van der Waals surface area contributed by atoms with Crippen molar-refractivity contribution in [3.05, 3.63) is 23.7 Å². The second kappa shape index (κ2) is 6.31. The maximum absolute atomic E-state index is 5.68. The van der Waals surface area contributed by atoms with Crippen LogP contribution in [0, 0.1) is 17.8 Å². The zero-order chi connectivity index (χ0) is 13.9. The fraction of sp³-hybridized carbons (Fsp3) is 0.765. The molecular weight excluding hydrogens is 248 g/mol. The van der Waals surface area contributed by atoms with Crippen molar-refractivity contribution in [2.24, 2.45) is 17.8 Å². The van der Waals surface area contributed by atoms with E-state index in [0.717, 1.165) is 43.1 Å². The number of nitrogens with zero attached hydrogens (tertiary/aromatic N) is 1. The molecule has 2 aliphatic rings. The van der Waals surface area contributed by atoms with Crippen LogP contribution in [-0.2, 0) is 13.1 Å². The molecule has 1 aromatic rings. The van der Waals surface area contributed by atoms with Crippen molar-refractivity contribution >= 4 is 0 Å². The zero-order valence-corrected chi connectivity index (χ0v) is 12.9. The monoisotopic (exact) mass is 276 g/mol. The van der Waals surface area contributed by atoms with Gasteiger partial charge in [0.05, 0.1) is 12.8 Å². The number of nitrogens with one attached hydrogen (secondary N) is 1. The molecule has 0 aromatic carbocycles. The first-order chi connectivity index (χ1) is 9.76. The van der Waals surface area contributed by atoms with Crippen LogP contribution in [0.4, 0.5) is 0 Å². The molecule has 0 spiro atoms. The van der Waals surface area contributed by atoms with Crippen molar-refractivity contribution in [1.29, 1.82) is 0 Å². The minimum Gasteiger partial charge on any atom is -0.468 e. The second-order valence-electron chi connectivity index (χ2n) is 6.78. The van der Waals surface area contributed by atoms with Crippen LogP contribution in [0.25, 0.3) is 0 Å². The third kappa shape index (κ3) is 3.09. The molecule has 0 saturated heterocycles. The van der Waals surface area contributed by atoms with Gasteiger partial charge in [-0.1, -0.05) is 13.3 Å². The fourth-order valence-electron chi connectivity index (χ4n) is 4.23. The molecule has 3 nitrogen and oxygen atoms in total. The molecule has 1 heterocycles. The quantitative estimate of drug-likeness (QED) is 0.828. The average Bonchev–Trinajstić information content (AvgIpc) is 3.13. The summed E-state index contributed by atoms with van der Waals surface area (Å²) in [6.07, 6.45) is 7.78. The van der Waals surface area contributed by atoms with Gasteiger partial charge in [-0.2, -0.15) is 0 Å². The van der Waals surface area contributed by atoms with Crippen molar-refractivity contribution in [2.75, 3.05) is 20.1 Å². The third-order valence-corrected chi connectivity index (χ3v) is 5.25. The van der Waals surface area contributed by atoms with Crippen molar-refractivity contribution in [1.82, 2.24) is 10.2 Å². The Morgan fingerprint density at radius 1 is 1.35 bits per heavy atom. The molecular formula is C17H28N2O. The van der Waals surface area contributed by atoms with Gasteiger partial charge >= 0.3 is 0 Å². The Hall–Kier alpha value is -0.800. The number of hydrogen-bond donors (Lipinski definition) is 1. The number of hydrogen-bond acceptors (Lipinski definition) is 3. The Morgan fingerprint density at radius 3 is 2.95 bits per heavy atom. The largest absolute Gasteiger partial charge is 0.468 e. The van der Waals surface area contributed by atoms with Gasteiger partial charge in [0.2, 0.25) is 0 Å². The van der Waals surface area contributed by atoms with Gasteiger partial charge in [0.25, 0.3) is 0 Å². The van der Waals surface area contributed by atoms with E-state index in [0.29, 0.717) is 0 Å². The topological polar surface area (TPSA) is 28.4 Å². The van der Waals surface area contributed by atoms with E-state index in [-0.39, 0.29) is 0 Å². The number of furan rings is 1. The lowest BCUT2D eigenvalue weighted by Crippen LogP contribution is -2.28. The Kier molecular flexibility index (Phi) is 4.47. The highest BCUT2D eigenvalue weighted by Crippen LogP contribution is 2.48. The van der Waals surface area contributed by atoms with Crippen LogP contribution in [-0.4, -0.2) is 25.0 Å². The van der Waals surface area contributed by atoms with Crippen molar-refractivity contribution in [3.63, 3.8) is 0 Å². The van der Waals surface area contributed by atoms with Crippen LogP contribution >= 0.6 is 0 Å². The van der Waals surface area contributed by atoms with Crippen molar-refractivity contribution < 1.29 is 4.42 Å². The molecule has 112 valence electrons. The average molecular weight is 276 g/mol. The molecule has 2 aliphatic carbocycles. The van der Waals surface area contributed by atoms with E-state index >= 15 is 0 Å². The molecule has 3 atom stereocenters. The summed E-state index contributed by atoms with van der Waals surface area (Å²) in [5, 5.41) is 3.38. The van der Waals surface area contributed by atoms with E-state index in [4.69, 9.17) is 4.42 Å². The predicted molar refractivity (Wildman–Crippen MR) is 81.4 cm³/mol. The first-order valence-corrected chi connectivity index (χ1v) is 8.20. The first kappa shape index (κ1) is 14.2. The maximum Gasteiger partial charge on any atom is 0.122 e. The van der Waals surface area contributed by atoms with Gasteiger partial charge in [-0.15, -0.1) is 0 Å². The van der Waals surface area contributed by atoms with Gasteiger partial charge < -0.3 is 9.73 Å². The van der Waals surface area contributed by atoms with Crippen LogP contribution in [0.5, 0.6) is 0 Å². The highest BCUT2D eigenvalue weighted by molar-refractivity contribution is 5.16. The van der Waals surface area contributed by atoms with Gasteiger partial charge in [-0.3, -0.25) is 4.90 Å². The lowest BCUT2D eigenvalue weighted by atomic mass is 9.88. The second-order valence-corrected chi connectivity index (χ2v) is 6.78. The fourth-order valence-corrected chi connectivity index (χ4v) is 4.23. The standard InChI is InChI=1S/C17H28N2O/c1-3-18-10-15-6-7-20-17(15)12-19(2)11-16-9-13-4-5-14(16)8-13/h6-7,13-14,16,18H,3-5,8-12H2,1-2H3. The van der Waals surface area contributed by atoms with E-state index in [1.165, 1.54) is 37.8 Å². The Morgan fingerprint density at radius 2 is 2.25 bits per heavy atom. The lowest BCUT2D eigenvalue weighted by molar-refractivity contribution is 0.203. The molecule has 3 rings (SSSR count). The summed E-state index contributed by atoms with van der Waals surface area (Å²) in [4.78, 5) is 2.46. The highest BCUT2D eigenvalue weighted by atomic mass is 16.3. The molecule has 2 saturated carbocycles. The number of fused-ring (bicyclic) bond motifs is 2. The van der Waals surface area contributed by atoms with E-state index in [2.05, 4.69) is 30.3 Å². The first-order valence-electron chi connectivity index (χ1n) is 8.20. The molecule has 3 heteroatoms. The summed E-state index contributed by atoms with van der Waals surface area (Å²) in [6.45, 7) is 6.25. The Bertz CT molecular complexity index is 428. The van der Waals surface area contributed by atoms with Gasteiger partial charge in [0.1, 0.15) is 5.76 Å². The van der Waals surface area contributed by atoms with E-state index < -0.39 is 0 Å². The zero-order valence-electron chi connectivity index (χ0n) is 12.9. The smallest absolute Gasteiger partial charge is 0.122 e. The highest BCUT2D eigenvalue weighted by Gasteiger charge is 2.39. The minimum absolute atomic E-state index is 0.921. The van der Waals surface area contributed by atoms with Crippen molar-refractivity contribution in [2.45, 2.75) is 45.7 Å². The minimum atomic E-state index is 0.921. The summed E-state index contributed by atoms with van der Waals surface area (Å²) >= 11 is 0. The van der Waals surface area contributed by atoms with E-state index in [1.807, 2.05) is 6.26 Å². The molecule has 0 amide bonds. The summed E-state index contributed by atoms with van der Waals surface area (Å²) in [5.74, 6) is 4.13. The maximum atomic E-state index is 5.68. The normalized spacial score (nSPS) is 28.6. The van der Waals surface area contributed by atoms with Gasteiger partial charge in [0.15, 0.2) is 0 Å². The van der Waals surface area contributed by atoms with Crippen LogP contribution in [0.1, 0.15) is 43.9 Å². The molecule has 3 unspecified atom stereocenters. The molecule has 1 N–H and O–H groups in total. The van der Waals surface area contributed by atoms with Crippen LogP contribution in [0.15, 0.2) is 16.7 Å². The summed E-state index contributed by atoms with van der Waals surface area (Å²) in [7, 11) is 2.24. The van der Waals surface area contributed by atoms with Crippen LogP contribution in [0.3, 0.4) is 0 Å². The summed E-state index contributed by atoms with van der Waals surface area (Å²) < 4.78 is 5.68. The third-order valence-electron chi connectivity index (χ3n) is 5.25. The lowest BCUT2D eigenvalue weighted by Gasteiger charge is -2.26. The molecule has 20 heavy (non-hydrogen) atoms. The summed E-state index contributed by atoms with van der Waals surface area (Å²) in [6, 6.07) is 2.10. The molecule has 2 fully saturated rings. The van der Waals surface area contributed by atoms with Crippen molar-refractivity contribution in [3.8, 4) is 0 Å². The van der Waals surface area contributed by atoms with Gasteiger partial charge in [0, 0.05) is 18.7 Å². The molecule has 2 bridgehead atoms. The van der Waals surface area contributed by atoms with E-state index in [1.54, 1.807) is 0 Å². The SMILES string of the molecule is CCNCc1ccoc1CN(C)CC1CC2CCC1C2. The summed E-state index contributed by atoms with van der Waals surface area (Å²) in [5.41, 5.74) is 1.31. The van der Waals surface area contributed by atoms with Gasteiger partial charge in [-0.25, -0.2) is 0 Å². The predicted octanol–water partition coefficient (Wildman–Crippen LogP) is 3.26. The van der Waals surface area contributed by atoms with Crippen LogP contribution in [0.2, 0.25) is 0 Å². The Balaban J connectivity index is 1.51. The van der Waals surface area contributed by atoms with Crippen LogP contribution < -0.4 is 5.32 Å². The van der Waals surface area contributed by atoms with E-state index in [9.17, 15) is 0 Å². The molecule has 0 aliphatic heterocycles. The number of rotatable bonds is 7. The molecule has 0 radical (unpaired) electrons. The van der Waals surface area contributed by atoms with Gasteiger partial charge in [-0.05, 0) is 56.7 Å².